The maximum Gasteiger partial charge on any atom is 0.414 e. The summed E-state index contributed by atoms with van der Waals surface area (Å²) in [4.78, 5) is 28.1. The minimum absolute atomic E-state index is 0.138. The molecule has 6 heteroatoms. The molecule has 2 aliphatic heterocycles. The summed E-state index contributed by atoms with van der Waals surface area (Å²) in [7, 11) is 1.40. The van der Waals surface area contributed by atoms with Crippen molar-refractivity contribution in [3.63, 3.8) is 0 Å². The molecule has 0 radical (unpaired) electrons. The molecule has 2 aromatic carbocycles. The maximum absolute atomic E-state index is 12.5. The second-order valence-corrected chi connectivity index (χ2v) is 7.38. The molecule has 6 nitrogen and oxygen atoms in total. The van der Waals surface area contributed by atoms with Crippen LogP contribution in [0.3, 0.4) is 0 Å². The van der Waals surface area contributed by atoms with Gasteiger partial charge < -0.3 is 14.4 Å². The van der Waals surface area contributed by atoms with Gasteiger partial charge in [0, 0.05) is 25.0 Å². The van der Waals surface area contributed by atoms with E-state index in [1.165, 1.54) is 7.11 Å². The highest BCUT2D eigenvalue weighted by Crippen LogP contribution is 2.47. The minimum atomic E-state index is -0.339. The molecule has 1 saturated heterocycles. The Morgan fingerprint density at radius 1 is 0.964 bits per heavy atom. The summed E-state index contributed by atoms with van der Waals surface area (Å²) in [6.45, 7) is 2.08. The molecule has 0 saturated carbocycles. The number of carbonyl (C=O) groups excluding carboxylic acids is 2. The lowest BCUT2D eigenvalue weighted by Crippen LogP contribution is -2.48. The molecular weight excluding hydrogens is 356 g/mol. The fourth-order valence-electron chi connectivity index (χ4n) is 4.26. The molecule has 0 aromatic heterocycles. The molecule has 2 aliphatic rings. The van der Waals surface area contributed by atoms with Gasteiger partial charge in [0.25, 0.3) is 0 Å². The van der Waals surface area contributed by atoms with E-state index in [1.807, 2.05) is 48.5 Å². The van der Waals surface area contributed by atoms with Gasteiger partial charge in [0.15, 0.2) is 0 Å². The predicted molar refractivity (Wildman–Crippen MR) is 105 cm³/mol. The third-order valence-electron chi connectivity index (χ3n) is 5.81. The molecule has 146 valence electrons. The van der Waals surface area contributed by atoms with E-state index in [0.29, 0.717) is 19.6 Å². The normalized spacial score (nSPS) is 17.3. The number of fused-ring (bicyclic) bond motifs is 2. The first kappa shape index (κ1) is 18.3. The number of para-hydroxylation sites is 1. The summed E-state index contributed by atoms with van der Waals surface area (Å²) in [5, 5.41) is 0. The highest BCUT2D eigenvalue weighted by atomic mass is 16.6. The standard InChI is InChI=1S/C22H24N2O4/c1-27-21(26)24-16-22(18-9-5-6-10-19(18)24)11-13-23(14-12-22)20(25)28-15-17-7-3-2-4-8-17/h2-10H,11-16H2,1H3. The molecule has 2 aromatic rings. The Labute approximate surface area is 164 Å². The molecule has 28 heavy (non-hydrogen) atoms. The molecule has 4 rings (SSSR count). The van der Waals surface area contributed by atoms with E-state index >= 15 is 0 Å². The number of anilines is 1. The van der Waals surface area contributed by atoms with Crippen LogP contribution in [0.2, 0.25) is 0 Å². The SMILES string of the molecule is COC(=O)N1CC2(CCN(C(=O)OCc3ccccc3)CC2)c2ccccc21. The number of carbonyl (C=O) groups is 2. The Balaban J connectivity index is 1.42. The second-order valence-electron chi connectivity index (χ2n) is 7.38. The van der Waals surface area contributed by atoms with E-state index in [0.717, 1.165) is 29.7 Å². The van der Waals surface area contributed by atoms with Gasteiger partial charge in [-0.15, -0.1) is 0 Å². The van der Waals surface area contributed by atoms with Crippen molar-refractivity contribution in [3.05, 3.63) is 65.7 Å². The molecule has 1 fully saturated rings. The van der Waals surface area contributed by atoms with Crippen molar-refractivity contribution in [1.82, 2.24) is 4.90 Å². The van der Waals surface area contributed by atoms with Crippen molar-refractivity contribution in [2.75, 3.05) is 31.6 Å². The number of methoxy groups -OCH3 is 1. The Kier molecular flexibility index (Phi) is 4.94. The van der Waals surface area contributed by atoms with Gasteiger partial charge in [0.2, 0.25) is 0 Å². The fraction of sp³-hybridized carbons (Fsp3) is 0.364. The van der Waals surface area contributed by atoms with Crippen molar-refractivity contribution < 1.29 is 19.1 Å². The number of rotatable bonds is 2. The molecule has 0 unspecified atom stereocenters. The van der Waals surface area contributed by atoms with Crippen molar-refractivity contribution in [3.8, 4) is 0 Å². The number of ether oxygens (including phenoxy) is 2. The van der Waals surface area contributed by atoms with E-state index < -0.39 is 0 Å². The second kappa shape index (κ2) is 7.54. The molecule has 0 bridgehead atoms. The lowest BCUT2D eigenvalue weighted by atomic mass is 9.74. The summed E-state index contributed by atoms with van der Waals surface area (Å²) in [5.74, 6) is 0. The van der Waals surface area contributed by atoms with Crippen LogP contribution in [-0.4, -0.2) is 43.8 Å². The number of amides is 2. The third kappa shape index (κ3) is 3.30. The molecular formula is C22H24N2O4. The molecule has 2 heterocycles. The van der Waals surface area contributed by atoms with Gasteiger partial charge in [0.1, 0.15) is 6.61 Å². The maximum atomic E-state index is 12.5. The zero-order valence-corrected chi connectivity index (χ0v) is 16.0. The first-order valence-corrected chi connectivity index (χ1v) is 9.54. The van der Waals surface area contributed by atoms with Crippen LogP contribution in [0.25, 0.3) is 0 Å². The predicted octanol–water partition coefficient (Wildman–Crippen LogP) is 3.94. The van der Waals surface area contributed by atoms with Crippen molar-refractivity contribution in [2.24, 2.45) is 0 Å². The van der Waals surface area contributed by atoms with E-state index in [9.17, 15) is 9.59 Å². The first-order valence-electron chi connectivity index (χ1n) is 9.54. The van der Waals surface area contributed by atoms with Gasteiger partial charge in [-0.05, 0) is 30.0 Å². The van der Waals surface area contributed by atoms with Gasteiger partial charge in [0.05, 0.1) is 12.8 Å². The monoisotopic (exact) mass is 380 g/mol. The third-order valence-corrected chi connectivity index (χ3v) is 5.81. The zero-order valence-electron chi connectivity index (χ0n) is 16.0. The summed E-state index contributed by atoms with van der Waals surface area (Å²) in [5.41, 5.74) is 2.91. The topological polar surface area (TPSA) is 59.1 Å². The van der Waals surface area contributed by atoms with E-state index in [2.05, 4.69) is 6.07 Å². The van der Waals surface area contributed by atoms with E-state index in [-0.39, 0.29) is 24.2 Å². The van der Waals surface area contributed by atoms with Crippen LogP contribution in [0, 0.1) is 0 Å². The van der Waals surface area contributed by atoms with Crippen LogP contribution in [-0.2, 0) is 21.5 Å². The van der Waals surface area contributed by atoms with Crippen LogP contribution in [0.4, 0.5) is 15.3 Å². The van der Waals surface area contributed by atoms with Crippen LogP contribution in [0.5, 0.6) is 0 Å². The Bertz CT molecular complexity index is 860. The summed E-state index contributed by atoms with van der Waals surface area (Å²) in [6, 6.07) is 17.7. The highest BCUT2D eigenvalue weighted by molar-refractivity contribution is 5.91. The molecule has 1 spiro atoms. The number of benzene rings is 2. The van der Waals surface area contributed by atoms with Crippen LogP contribution >= 0.6 is 0 Å². The lowest BCUT2D eigenvalue weighted by molar-refractivity contribution is 0.0787. The van der Waals surface area contributed by atoms with Gasteiger partial charge in [-0.2, -0.15) is 0 Å². The quantitative estimate of drug-likeness (QED) is 0.792. The van der Waals surface area contributed by atoms with Gasteiger partial charge in [-0.25, -0.2) is 9.59 Å². The zero-order chi connectivity index (χ0) is 19.6. The largest absolute Gasteiger partial charge is 0.452 e. The summed E-state index contributed by atoms with van der Waals surface area (Å²) >= 11 is 0. The lowest BCUT2D eigenvalue weighted by Gasteiger charge is -2.39. The average molecular weight is 380 g/mol. The number of hydrogen-bond acceptors (Lipinski definition) is 4. The van der Waals surface area contributed by atoms with E-state index in [4.69, 9.17) is 9.47 Å². The number of piperidine rings is 1. The number of hydrogen-bond donors (Lipinski definition) is 0. The molecule has 0 aliphatic carbocycles. The van der Waals surface area contributed by atoms with Crippen LogP contribution < -0.4 is 4.90 Å². The van der Waals surface area contributed by atoms with Gasteiger partial charge in [-0.1, -0.05) is 48.5 Å². The number of nitrogens with zero attached hydrogens (tertiary/aromatic N) is 2. The van der Waals surface area contributed by atoms with Crippen LogP contribution in [0.15, 0.2) is 54.6 Å². The Morgan fingerprint density at radius 2 is 1.64 bits per heavy atom. The molecule has 0 N–H and O–H groups in total. The Morgan fingerprint density at radius 3 is 2.36 bits per heavy atom. The van der Waals surface area contributed by atoms with E-state index in [1.54, 1.807) is 9.80 Å². The van der Waals surface area contributed by atoms with Crippen molar-refractivity contribution >= 4 is 17.9 Å². The van der Waals surface area contributed by atoms with Gasteiger partial charge >= 0.3 is 12.2 Å². The summed E-state index contributed by atoms with van der Waals surface area (Å²) in [6.07, 6.45) is 0.958. The summed E-state index contributed by atoms with van der Waals surface area (Å²) < 4.78 is 10.4. The fourth-order valence-corrected chi connectivity index (χ4v) is 4.26. The smallest absolute Gasteiger partial charge is 0.414 e. The number of likely N-dealkylation sites (tertiary alicyclic amines) is 1. The minimum Gasteiger partial charge on any atom is -0.452 e. The Hall–Kier alpha value is -3.02. The average Bonchev–Trinajstić information content (AvgIpc) is 3.07. The first-order chi connectivity index (χ1) is 13.6. The van der Waals surface area contributed by atoms with Crippen molar-refractivity contribution in [1.29, 1.82) is 0 Å². The van der Waals surface area contributed by atoms with Gasteiger partial charge in [-0.3, -0.25) is 4.90 Å². The van der Waals surface area contributed by atoms with Crippen molar-refractivity contribution in [2.45, 2.75) is 24.9 Å². The highest BCUT2D eigenvalue weighted by Gasteiger charge is 2.47. The molecule has 0 atom stereocenters. The van der Waals surface area contributed by atoms with Crippen LogP contribution in [0.1, 0.15) is 24.0 Å². The molecule has 2 amide bonds.